The Balaban J connectivity index is 2.57. The van der Waals surface area contributed by atoms with E-state index in [1.54, 1.807) is 11.8 Å². The Morgan fingerprint density at radius 3 is 2.78 bits per heavy atom. The Bertz CT molecular complexity index is 133. The molecule has 0 fully saturated rings. The van der Waals surface area contributed by atoms with Gasteiger partial charge in [0.15, 0.2) is 0 Å². The highest BCUT2D eigenvalue weighted by Crippen LogP contribution is 2.25. The van der Waals surface area contributed by atoms with Gasteiger partial charge in [-0.15, -0.1) is 0 Å². The summed E-state index contributed by atoms with van der Waals surface area (Å²) in [6.07, 6.45) is 0. The van der Waals surface area contributed by atoms with Crippen LogP contribution >= 0.6 is 11.8 Å². The first-order valence-corrected chi connectivity index (χ1v) is 4.04. The second-order valence-corrected chi connectivity index (χ2v) is 3.06. The van der Waals surface area contributed by atoms with Crippen LogP contribution in [0, 0.1) is 0 Å². The Kier molecular flexibility index (Phi) is 2.03. The highest BCUT2D eigenvalue weighted by molar-refractivity contribution is 8.02. The van der Waals surface area contributed by atoms with E-state index in [9.17, 15) is 0 Å². The van der Waals surface area contributed by atoms with E-state index in [0.717, 1.165) is 6.54 Å². The van der Waals surface area contributed by atoms with Crippen molar-refractivity contribution in [2.45, 2.75) is 19.3 Å². The normalized spacial score (nSPS) is 26.8. The molecule has 1 aliphatic heterocycles. The number of nitrogens with two attached hydrogens (primary N) is 1. The third-order valence-electron chi connectivity index (χ3n) is 1.48. The van der Waals surface area contributed by atoms with Crippen molar-refractivity contribution in [2.75, 3.05) is 6.54 Å². The molecule has 52 valence electrons. The molecule has 0 aliphatic carbocycles. The van der Waals surface area contributed by atoms with E-state index in [4.69, 9.17) is 5.73 Å². The average molecular weight is 144 g/mol. The van der Waals surface area contributed by atoms with Crippen molar-refractivity contribution in [3.63, 3.8) is 0 Å². The zero-order valence-electron chi connectivity index (χ0n) is 5.79. The van der Waals surface area contributed by atoms with Crippen molar-refractivity contribution < 1.29 is 0 Å². The number of rotatable bonds is 1. The smallest absolute Gasteiger partial charge is 0.129 e. The molecule has 3 heteroatoms. The van der Waals surface area contributed by atoms with Crippen LogP contribution in [-0.4, -0.2) is 16.9 Å². The zero-order chi connectivity index (χ0) is 6.85. The molecule has 0 aromatic carbocycles. The van der Waals surface area contributed by atoms with E-state index in [0.29, 0.717) is 0 Å². The Morgan fingerprint density at radius 1 is 1.89 bits per heavy atom. The number of thioether (sulfide) groups is 1. The van der Waals surface area contributed by atoms with E-state index >= 15 is 0 Å². The van der Waals surface area contributed by atoms with E-state index < -0.39 is 0 Å². The van der Waals surface area contributed by atoms with Crippen molar-refractivity contribution in [3.05, 3.63) is 11.1 Å². The van der Waals surface area contributed by atoms with E-state index in [1.807, 2.05) is 0 Å². The monoisotopic (exact) mass is 144 g/mol. The van der Waals surface area contributed by atoms with Crippen LogP contribution in [-0.2, 0) is 0 Å². The fraction of sp³-hybridized carbons (Fsp3) is 0.667. The van der Waals surface area contributed by atoms with Gasteiger partial charge < -0.3 is 10.6 Å². The van der Waals surface area contributed by atoms with Crippen molar-refractivity contribution in [3.8, 4) is 0 Å². The summed E-state index contributed by atoms with van der Waals surface area (Å²) in [5.74, 6) is 0. The van der Waals surface area contributed by atoms with Gasteiger partial charge in [0, 0.05) is 12.2 Å². The van der Waals surface area contributed by atoms with Crippen LogP contribution in [0.4, 0.5) is 0 Å². The summed E-state index contributed by atoms with van der Waals surface area (Å²) in [5, 5.41) is 2.11. The third kappa shape index (κ3) is 1.22. The maximum atomic E-state index is 5.72. The Labute approximate surface area is 60.1 Å². The van der Waals surface area contributed by atoms with Gasteiger partial charge in [-0.05, 0) is 19.3 Å². The van der Waals surface area contributed by atoms with Crippen LogP contribution in [0.2, 0.25) is 0 Å². The lowest BCUT2D eigenvalue weighted by Crippen LogP contribution is -2.34. The second kappa shape index (κ2) is 2.62. The predicted octanol–water partition coefficient (Wildman–Crippen LogP) is 1.16. The molecule has 1 heterocycles. The molecule has 1 atom stereocenters. The lowest BCUT2D eigenvalue weighted by atomic mass is 10.5. The van der Waals surface area contributed by atoms with Gasteiger partial charge in [0.1, 0.15) is 5.50 Å². The largest absolute Gasteiger partial charge is 0.351 e. The van der Waals surface area contributed by atoms with Gasteiger partial charge >= 0.3 is 0 Å². The maximum Gasteiger partial charge on any atom is 0.129 e. The highest BCUT2D eigenvalue weighted by Gasteiger charge is 2.17. The summed E-state index contributed by atoms with van der Waals surface area (Å²) in [7, 11) is 0. The van der Waals surface area contributed by atoms with Crippen LogP contribution < -0.4 is 5.73 Å². The van der Waals surface area contributed by atoms with Gasteiger partial charge in [-0.3, -0.25) is 0 Å². The minimum Gasteiger partial charge on any atom is -0.351 e. The zero-order valence-corrected chi connectivity index (χ0v) is 6.61. The third-order valence-corrected chi connectivity index (χ3v) is 2.49. The maximum absolute atomic E-state index is 5.72. The second-order valence-electron chi connectivity index (χ2n) is 2.07. The number of hydrogen-bond donors (Lipinski definition) is 1. The van der Waals surface area contributed by atoms with E-state index in [-0.39, 0.29) is 5.50 Å². The van der Waals surface area contributed by atoms with E-state index in [1.165, 1.54) is 5.70 Å². The molecule has 0 spiro atoms. The highest BCUT2D eigenvalue weighted by atomic mass is 32.2. The van der Waals surface area contributed by atoms with Crippen LogP contribution in [0.15, 0.2) is 11.1 Å². The summed E-state index contributed by atoms with van der Waals surface area (Å²) < 4.78 is 0. The fourth-order valence-corrected chi connectivity index (χ4v) is 1.87. The Morgan fingerprint density at radius 2 is 2.56 bits per heavy atom. The topological polar surface area (TPSA) is 29.3 Å². The molecule has 1 rings (SSSR count). The molecular formula is C6H12N2S. The first kappa shape index (κ1) is 6.96. The molecule has 2 N–H and O–H groups in total. The van der Waals surface area contributed by atoms with Crippen molar-refractivity contribution in [2.24, 2.45) is 5.73 Å². The summed E-state index contributed by atoms with van der Waals surface area (Å²) in [6.45, 7) is 5.21. The molecule has 0 radical (unpaired) electrons. The molecule has 0 saturated heterocycles. The molecule has 1 unspecified atom stereocenters. The van der Waals surface area contributed by atoms with Gasteiger partial charge in [-0.1, -0.05) is 11.8 Å². The first-order valence-electron chi connectivity index (χ1n) is 3.10. The summed E-state index contributed by atoms with van der Waals surface area (Å²) in [6, 6.07) is 0. The van der Waals surface area contributed by atoms with Crippen molar-refractivity contribution >= 4 is 11.8 Å². The van der Waals surface area contributed by atoms with Crippen LogP contribution in [0.1, 0.15) is 13.8 Å². The molecule has 0 saturated carbocycles. The fourth-order valence-electron chi connectivity index (χ4n) is 0.939. The molecule has 1 aliphatic rings. The van der Waals surface area contributed by atoms with Gasteiger partial charge in [0.25, 0.3) is 0 Å². The Hall–Kier alpha value is -0.150. The summed E-state index contributed by atoms with van der Waals surface area (Å²) in [5.41, 5.74) is 7.17. The molecular weight excluding hydrogens is 132 g/mol. The average Bonchev–Trinajstić information content (AvgIpc) is 2.12. The number of nitrogens with zero attached hydrogens (tertiary/aromatic N) is 1. The van der Waals surface area contributed by atoms with Crippen LogP contribution in [0.5, 0.6) is 0 Å². The standard InChI is InChI=1S/C6H12N2S/c1-3-8-5(2)4-9-6(8)7/h4,6H,3,7H2,1-2H3. The van der Waals surface area contributed by atoms with Crippen LogP contribution in [0.3, 0.4) is 0 Å². The first-order chi connectivity index (χ1) is 4.25. The molecule has 0 aromatic heterocycles. The van der Waals surface area contributed by atoms with Crippen molar-refractivity contribution in [1.29, 1.82) is 0 Å². The van der Waals surface area contributed by atoms with Crippen molar-refractivity contribution in [1.82, 2.24) is 4.90 Å². The minimum absolute atomic E-state index is 0.162. The predicted molar refractivity (Wildman–Crippen MR) is 41.7 cm³/mol. The van der Waals surface area contributed by atoms with Crippen LogP contribution in [0.25, 0.3) is 0 Å². The lowest BCUT2D eigenvalue weighted by Gasteiger charge is -2.22. The summed E-state index contributed by atoms with van der Waals surface area (Å²) in [4.78, 5) is 2.17. The van der Waals surface area contributed by atoms with Gasteiger partial charge in [0.2, 0.25) is 0 Å². The molecule has 0 bridgehead atoms. The SMILES string of the molecule is CCN1C(C)=CSC1N. The molecule has 0 amide bonds. The lowest BCUT2D eigenvalue weighted by molar-refractivity contribution is 0.356. The molecule has 0 aromatic rings. The number of hydrogen-bond acceptors (Lipinski definition) is 3. The van der Waals surface area contributed by atoms with E-state index in [2.05, 4.69) is 24.2 Å². The van der Waals surface area contributed by atoms with Gasteiger partial charge in [0.05, 0.1) is 0 Å². The molecule has 9 heavy (non-hydrogen) atoms. The van der Waals surface area contributed by atoms with Gasteiger partial charge in [-0.25, -0.2) is 0 Å². The van der Waals surface area contributed by atoms with Gasteiger partial charge in [-0.2, -0.15) is 0 Å². The minimum atomic E-state index is 0.162. The molecule has 2 nitrogen and oxygen atoms in total. The quantitative estimate of drug-likeness (QED) is 0.599. The number of allylic oxidation sites excluding steroid dienone is 1. The summed E-state index contributed by atoms with van der Waals surface area (Å²) >= 11 is 1.68.